The molecule has 17 heavy (non-hydrogen) atoms. The maximum atomic E-state index is 9.37. The summed E-state index contributed by atoms with van der Waals surface area (Å²) in [5, 5.41) is 15.5. The van der Waals surface area contributed by atoms with Crippen LogP contribution in [0.4, 0.5) is 11.6 Å². The van der Waals surface area contributed by atoms with Gasteiger partial charge in [0.1, 0.15) is 6.33 Å². The van der Waals surface area contributed by atoms with E-state index in [-0.39, 0.29) is 6.61 Å². The summed E-state index contributed by atoms with van der Waals surface area (Å²) in [7, 11) is 3.33. The molecular formula is C11H20N4O2. The summed E-state index contributed by atoms with van der Waals surface area (Å²) in [6.07, 6.45) is 2.22. The summed E-state index contributed by atoms with van der Waals surface area (Å²) >= 11 is 0. The molecule has 1 unspecified atom stereocenters. The van der Waals surface area contributed by atoms with Gasteiger partial charge in [0.25, 0.3) is 0 Å². The Balaban J connectivity index is 3.05. The monoisotopic (exact) mass is 240 g/mol. The van der Waals surface area contributed by atoms with Crippen LogP contribution in [0.3, 0.4) is 0 Å². The van der Waals surface area contributed by atoms with Crippen molar-refractivity contribution in [2.75, 3.05) is 31.4 Å². The highest BCUT2D eigenvalue weighted by Crippen LogP contribution is 2.31. The van der Waals surface area contributed by atoms with Crippen LogP contribution >= 0.6 is 0 Å². The first kappa shape index (κ1) is 13.5. The van der Waals surface area contributed by atoms with Gasteiger partial charge in [0.15, 0.2) is 11.6 Å². The minimum absolute atomic E-state index is 0.0194. The van der Waals surface area contributed by atoms with Crippen molar-refractivity contribution in [3.05, 3.63) is 6.33 Å². The van der Waals surface area contributed by atoms with Gasteiger partial charge in [-0.25, -0.2) is 9.97 Å². The van der Waals surface area contributed by atoms with Crippen molar-refractivity contribution in [2.45, 2.75) is 25.8 Å². The van der Waals surface area contributed by atoms with Crippen molar-refractivity contribution in [3.63, 3.8) is 0 Å². The van der Waals surface area contributed by atoms with Crippen molar-refractivity contribution in [3.8, 4) is 5.75 Å². The van der Waals surface area contributed by atoms with E-state index in [2.05, 4.69) is 20.6 Å². The Labute approximate surface area is 101 Å². The van der Waals surface area contributed by atoms with Gasteiger partial charge in [0.05, 0.1) is 19.3 Å². The number of methoxy groups -OCH3 is 1. The van der Waals surface area contributed by atoms with Crippen molar-refractivity contribution >= 4 is 11.6 Å². The molecule has 0 aliphatic heterocycles. The molecule has 6 nitrogen and oxygen atoms in total. The minimum atomic E-state index is -0.424. The van der Waals surface area contributed by atoms with Gasteiger partial charge in [-0.05, 0) is 13.3 Å². The molecule has 0 amide bonds. The van der Waals surface area contributed by atoms with E-state index in [0.29, 0.717) is 17.4 Å². The number of anilines is 2. The molecule has 0 spiro atoms. The summed E-state index contributed by atoms with van der Waals surface area (Å²) in [6, 6.07) is 0. The van der Waals surface area contributed by atoms with E-state index in [1.807, 2.05) is 13.8 Å². The van der Waals surface area contributed by atoms with Gasteiger partial charge in [0, 0.05) is 7.05 Å². The van der Waals surface area contributed by atoms with E-state index in [1.165, 1.54) is 6.33 Å². The Morgan fingerprint density at radius 2 is 2.06 bits per heavy atom. The van der Waals surface area contributed by atoms with Crippen LogP contribution in [0, 0.1) is 0 Å². The first-order valence-corrected chi connectivity index (χ1v) is 5.56. The lowest BCUT2D eigenvalue weighted by atomic mass is 10.0. The summed E-state index contributed by atoms with van der Waals surface area (Å²) in [6.45, 7) is 3.94. The van der Waals surface area contributed by atoms with E-state index in [9.17, 15) is 5.11 Å². The van der Waals surface area contributed by atoms with E-state index in [1.54, 1.807) is 14.2 Å². The zero-order chi connectivity index (χ0) is 12.9. The molecule has 1 heterocycles. The molecule has 0 fully saturated rings. The van der Waals surface area contributed by atoms with Crippen LogP contribution in [0.5, 0.6) is 5.75 Å². The maximum absolute atomic E-state index is 9.37. The predicted octanol–water partition coefficient (Wildman–Crippen LogP) is 1.10. The lowest BCUT2D eigenvalue weighted by Gasteiger charge is -2.28. The van der Waals surface area contributed by atoms with Crippen LogP contribution in [-0.4, -0.2) is 41.4 Å². The second-order valence-electron chi connectivity index (χ2n) is 4.05. The third-order valence-corrected chi connectivity index (χ3v) is 2.79. The number of aliphatic hydroxyl groups is 1. The molecule has 1 aromatic rings. The minimum Gasteiger partial charge on any atom is -0.490 e. The zero-order valence-electron chi connectivity index (χ0n) is 10.7. The third-order valence-electron chi connectivity index (χ3n) is 2.79. The zero-order valence-corrected chi connectivity index (χ0v) is 10.7. The van der Waals surface area contributed by atoms with Gasteiger partial charge in [-0.3, -0.25) is 0 Å². The van der Waals surface area contributed by atoms with Crippen molar-refractivity contribution in [2.24, 2.45) is 0 Å². The van der Waals surface area contributed by atoms with Crippen LogP contribution in [0.2, 0.25) is 0 Å². The Bertz CT molecular complexity index is 366. The number of aromatic nitrogens is 2. The molecule has 1 rings (SSSR count). The quantitative estimate of drug-likeness (QED) is 0.691. The summed E-state index contributed by atoms with van der Waals surface area (Å²) in [5.74, 6) is 1.73. The van der Waals surface area contributed by atoms with E-state index in [4.69, 9.17) is 4.74 Å². The Morgan fingerprint density at radius 1 is 1.41 bits per heavy atom. The van der Waals surface area contributed by atoms with Gasteiger partial charge in [-0.15, -0.1) is 0 Å². The first-order chi connectivity index (χ1) is 8.10. The molecule has 0 aliphatic carbocycles. The SMILES string of the molecule is CCC(C)(CO)Nc1ncnc(NC)c1OC. The lowest BCUT2D eigenvalue weighted by molar-refractivity contribution is 0.218. The lowest BCUT2D eigenvalue weighted by Crippen LogP contribution is -2.38. The van der Waals surface area contributed by atoms with E-state index >= 15 is 0 Å². The van der Waals surface area contributed by atoms with Crippen LogP contribution in [-0.2, 0) is 0 Å². The standard InChI is InChI=1S/C11H20N4O2/c1-5-11(2,6-16)15-10-8(17-4)9(12-3)13-7-14-10/h7,16H,5-6H2,1-4H3,(H2,12,13,14,15). The Hall–Kier alpha value is -1.56. The maximum Gasteiger partial charge on any atom is 0.204 e. The number of nitrogens with one attached hydrogen (secondary N) is 2. The molecule has 6 heteroatoms. The molecule has 0 saturated carbocycles. The summed E-state index contributed by atoms with van der Waals surface area (Å²) in [4.78, 5) is 8.20. The molecule has 0 bridgehead atoms. The average Bonchev–Trinajstić information content (AvgIpc) is 2.38. The van der Waals surface area contributed by atoms with Crippen LogP contribution < -0.4 is 15.4 Å². The normalized spacial score (nSPS) is 13.9. The molecule has 0 aliphatic rings. The molecule has 0 aromatic carbocycles. The van der Waals surface area contributed by atoms with Crippen molar-refractivity contribution in [1.82, 2.24) is 9.97 Å². The largest absolute Gasteiger partial charge is 0.490 e. The summed E-state index contributed by atoms with van der Waals surface area (Å²) < 4.78 is 5.27. The molecular weight excluding hydrogens is 220 g/mol. The number of hydrogen-bond acceptors (Lipinski definition) is 6. The van der Waals surface area contributed by atoms with E-state index < -0.39 is 5.54 Å². The van der Waals surface area contributed by atoms with Gasteiger partial charge in [-0.1, -0.05) is 6.92 Å². The number of aliphatic hydroxyl groups excluding tert-OH is 1. The fourth-order valence-corrected chi connectivity index (χ4v) is 1.36. The van der Waals surface area contributed by atoms with Gasteiger partial charge in [-0.2, -0.15) is 0 Å². The highest BCUT2D eigenvalue weighted by molar-refractivity contribution is 5.64. The molecule has 0 saturated heterocycles. The van der Waals surface area contributed by atoms with Crippen LogP contribution in [0.25, 0.3) is 0 Å². The number of nitrogens with zero attached hydrogens (tertiary/aromatic N) is 2. The molecule has 0 radical (unpaired) electrons. The first-order valence-electron chi connectivity index (χ1n) is 5.56. The smallest absolute Gasteiger partial charge is 0.204 e. The average molecular weight is 240 g/mol. The Morgan fingerprint density at radius 3 is 2.53 bits per heavy atom. The van der Waals surface area contributed by atoms with Crippen LogP contribution in [0.15, 0.2) is 6.33 Å². The van der Waals surface area contributed by atoms with Crippen LogP contribution in [0.1, 0.15) is 20.3 Å². The van der Waals surface area contributed by atoms with Gasteiger partial charge < -0.3 is 20.5 Å². The second kappa shape index (κ2) is 5.67. The topological polar surface area (TPSA) is 79.3 Å². The summed E-state index contributed by atoms with van der Waals surface area (Å²) in [5.41, 5.74) is -0.424. The number of rotatable bonds is 6. The second-order valence-corrected chi connectivity index (χ2v) is 4.05. The van der Waals surface area contributed by atoms with Gasteiger partial charge in [0.2, 0.25) is 5.75 Å². The predicted molar refractivity (Wildman–Crippen MR) is 67.5 cm³/mol. The molecule has 1 aromatic heterocycles. The van der Waals surface area contributed by atoms with Gasteiger partial charge >= 0.3 is 0 Å². The van der Waals surface area contributed by atoms with E-state index in [0.717, 1.165) is 6.42 Å². The van der Waals surface area contributed by atoms with Crippen molar-refractivity contribution in [1.29, 1.82) is 0 Å². The number of hydrogen-bond donors (Lipinski definition) is 3. The highest BCUT2D eigenvalue weighted by Gasteiger charge is 2.23. The Kier molecular flexibility index (Phi) is 4.51. The molecule has 1 atom stereocenters. The molecule has 3 N–H and O–H groups in total. The van der Waals surface area contributed by atoms with Crippen molar-refractivity contribution < 1.29 is 9.84 Å². The molecule has 96 valence electrons. The fourth-order valence-electron chi connectivity index (χ4n) is 1.36. The highest BCUT2D eigenvalue weighted by atomic mass is 16.5. The fraction of sp³-hybridized carbons (Fsp3) is 0.636. The third kappa shape index (κ3) is 2.97. The number of ether oxygens (including phenoxy) is 1.